The van der Waals surface area contributed by atoms with Crippen LogP contribution in [0.2, 0.25) is 0 Å². The zero-order valence-electron chi connectivity index (χ0n) is 14.7. The number of carbonyl (C=O) groups excluding carboxylic acids is 1. The molecule has 0 spiro atoms. The lowest BCUT2D eigenvalue weighted by molar-refractivity contribution is -0.137. The van der Waals surface area contributed by atoms with Crippen molar-refractivity contribution in [1.82, 2.24) is 14.7 Å². The number of amides is 1. The third kappa shape index (κ3) is 3.60. The maximum Gasteiger partial charge on any atom is 0.416 e. The molecule has 1 aromatic heterocycles. The van der Waals surface area contributed by atoms with Gasteiger partial charge in [0.2, 0.25) is 5.91 Å². The second kappa shape index (κ2) is 6.75. The van der Waals surface area contributed by atoms with E-state index < -0.39 is 11.7 Å². The Kier molecular flexibility index (Phi) is 4.79. The number of hydrogen-bond donors (Lipinski definition) is 1. The highest BCUT2D eigenvalue weighted by Crippen LogP contribution is 2.31. The molecule has 0 unspecified atom stereocenters. The molecule has 1 atom stereocenters. The molecule has 1 aliphatic rings. The number of aromatic nitrogens is 2. The number of halogens is 3. The van der Waals surface area contributed by atoms with Gasteiger partial charge in [-0.25, -0.2) is 4.68 Å². The van der Waals surface area contributed by atoms with E-state index in [1.165, 1.54) is 10.7 Å². The van der Waals surface area contributed by atoms with Gasteiger partial charge in [-0.2, -0.15) is 18.3 Å². The highest BCUT2D eigenvalue weighted by atomic mass is 19.4. The van der Waals surface area contributed by atoms with Crippen LogP contribution in [0.4, 0.5) is 13.2 Å². The van der Waals surface area contributed by atoms with Crippen molar-refractivity contribution >= 4 is 5.91 Å². The molecule has 2 N–H and O–H groups in total. The summed E-state index contributed by atoms with van der Waals surface area (Å²) in [6.07, 6.45) is -3.46. The molecular weight excluding hydrogens is 345 g/mol. The first kappa shape index (κ1) is 18.4. The second-order valence-corrected chi connectivity index (χ2v) is 6.67. The number of likely N-dealkylation sites (tertiary alicyclic amines) is 1. The fraction of sp³-hybridized carbons (Fsp3) is 0.444. The quantitative estimate of drug-likeness (QED) is 0.908. The minimum Gasteiger partial charge on any atom is -0.341 e. The maximum atomic E-state index is 13.0. The molecule has 1 amide bonds. The Morgan fingerprint density at radius 1 is 1.35 bits per heavy atom. The van der Waals surface area contributed by atoms with E-state index in [1.807, 2.05) is 0 Å². The van der Waals surface area contributed by atoms with Crippen molar-refractivity contribution in [1.29, 1.82) is 0 Å². The summed E-state index contributed by atoms with van der Waals surface area (Å²) < 4.78 is 40.3. The largest absolute Gasteiger partial charge is 0.416 e. The van der Waals surface area contributed by atoms with Gasteiger partial charge >= 0.3 is 6.18 Å². The summed E-state index contributed by atoms with van der Waals surface area (Å²) in [7, 11) is 0. The minimum absolute atomic E-state index is 0.00831. The van der Waals surface area contributed by atoms with Crippen molar-refractivity contribution in [3.05, 3.63) is 46.8 Å². The fourth-order valence-electron chi connectivity index (χ4n) is 3.27. The summed E-state index contributed by atoms with van der Waals surface area (Å²) in [5.41, 5.74) is 7.48. The first-order valence-electron chi connectivity index (χ1n) is 8.43. The van der Waals surface area contributed by atoms with Crippen molar-refractivity contribution in [2.45, 2.75) is 38.9 Å². The summed E-state index contributed by atoms with van der Waals surface area (Å²) in [4.78, 5) is 14.2. The van der Waals surface area contributed by atoms with Crippen LogP contribution in [0.3, 0.4) is 0 Å². The van der Waals surface area contributed by atoms with Crippen LogP contribution in [0.1, 0.15) is 28.9 Å². The SMILES string of the molecule is Cc1nn(-c2cccc(C(F)(F)F)c2)c(C)c1CC(=O)N1CC[C@@H](N)C1. The summed E-state index contributed by atoms with van der Waals surface area (Å²) >= 11 is 0. The third-order valence-electron chi connectivity index (χ3n) is 4.76. The summed E-state index contributed by atoms with van der Waals surface area (Å²) in [5, 5.41) is 4.35. The number of nitrogens with zero attached hydrogens (tertiary/aromatic N) is 3. The number of alkyl halides is 3. The standard InChI is InChI=1S/C18H21F3N4O/c1-11-16(9-17(26)24-7-6-14(22)10-24)12(2)25(23-11)15-5-3-4-13(8-15)18(19,20)21/h3-5,8,14H,6-7,9-10,22H2,1-2H3/t14-/m1/s1. The van der Waals surface area contributed by atoms with Gasteiger partial charge < -0.3 is 10.6 Å². The van der Waals surface area contributed by atoms with Crippen molar-refractivity contribution in [3.63, 3.8) is 0 Å². The van der Waals surface area contributed by atoms with E-state index >= 15 is 0 Å². The van der Waals surface area contributed by atoms with Crippen molar-refractivity contribution in [2.24, 2.45) is 5.73 Å². The lowest BCUT2D eigenvalue weighted by Crippen LogP contribution is -2.33. The number of carbonyl (C=O) groups is 1. The molecule has 1 aromatic carbocycles. The Labute approximate surface area is 149 Å². The molecule has 0 aliphatic carbocycles. The first-order chi connectivity index (χ1) is 12.2. The van der Waals surface area contributed by atoms with Gasteiger partial charge in [-0.05, 0) is 38.5 Å². The van der Waals surface area contributed by atoms with Crippen LogP contribution in [0.5, 0.6) is 0 Å². The van der Waals surface area contributed by atoms with E-state index in [1.54, 1.807) is 24.8 Å². The van der Waals surface area contributed by atoms with E-state index in [2.05, 4.69) is 5.10 Å². The van der Waals surface area contributed by atoms with Crippen molar-refractivity contribution in [3.8, 4) is 5.69 Å². The molecular formula is C18H21F3N4O. The molecule has 1 fully saturated rings. The van der Waals surface area contributed by atoms with Crippen LogP contribution in [0.15, 0.2) is 24.3 Å². The van der Waals surface area contributed by atoms with Gasteiger partial charge in [0.15, 0.2) is 0 Å². The minimum atomic E-state index is -4.42. The maximum absolute atomic E-state index is 13.0. The molecule has 8 heteroatoms. The Balaban J connectivity index is 1.88. The Morgan fingerprint density at radius 3 is 2.69 bits per heavy atom. The highest BCUT2D eigenvalue weighted by Gasteiger charge is 2.31. The summed E-state index contributed by atoms with van der Waals surface area (Å²) in [6, 6.07) is 5.01. The third-order valence-corrected chi connectivity index (χ3v) is 4.76. The van der Waals surface area contributed by atoms with Crippen LogP contribution in [0, 0.1) is 13.8 Å². The van der Waals surface area contributed by atoms with E-state index in [4.69, 9.17) is 5.73 Å². The monoisotopic (exact) mass is 366 g/mol. The Hall–Kier alpha value is -2.35. The van der Waals surface area contributed by atoms with Crippen molar-refractivity contribution < 1.29 is 18.0 Å². The van der Waals surface area contributed by atoms with Gasteiger partial charge in [-0.3, -0.25) is 4.79 Å². The lowest BCUT2D eigenvalue weighted by atomic mass is 10.1. The molecule has 3 rings (SSSR count). The molecule has 26 heavy (non-hydrogen) atoms. The van der Waals surface area contributed by atoms with Crippen molar-refractivity contribution in [2.75, 3.05) is 13.1 Å². The predicted molar refractivity (Wildman–Crippen MR) is 90.9 cm³/mol. The Morgan fingerprint density at radius 2 is 2.08 bits per heavy atom. The molecule has 2 aromatic rings. The topological polar surface area (TPSA) is 64.2 Å². The number of rotatable bonds is 3. The second-order valence-electron chi connectivity index (χ2n) is 6.67. The van der Waals surface area contributed by atoms with Crippen LogP contribution < -0.4 is 5.73 Å². The average molecular weight is 366 g/mol. The first-order valence-corrected chi connectivity index (χ1v) is 8.43. The molecule has 1 saturated heterocycles. The van der Waals surface area contributed by atoms with Crippen LogP contribution in [-0.2, 0) is 17.4 Å². The van der Waals surface area contributed by atoms with Gasteiger partial charge in [0, 0.05) is 30.4 Å². The molecule has 2 heterocycles. The zero-order valence-corrected chi connectivity index (χ0v) is 14.7. The summed E-state index contributed by atoms with van der Waals surface area (Å²) in [6.45, 7) is 4.70. The van der Waals surface area contributed by atoms with Gasteiger partial charge in [0.1, 0.15) is 0 Å². The number of aryl methyl sites for hydroxylation is 1. The Bertz CT molecular complexity index is 828. The van der Waals surface area contributed by atoms with Crippen LogP contribution >= 0.6 is 0 Å². The summed E-state index contributed by atoms with van der Waals surface area (Å²) in [5.74, 6) is -0.0345. The van der Waals surface area contributed by atoms with E-state index in [0.717, 1.165) is 24.1 Å². The predicted octanol–water partition coefficient (Wildman–Crippen LogP) is 2.61. The number of hydrogen-bond acceptors (Lipinski definition) is 3. The molecule has 140 valence electrons. The van der Waals surface area contributed by atoms with Crippen LogP contribution in [0.25, 0.3) is 5.69 Å². The van der Waals surface area contributed by atoms with Crippen LogP contribution in [-0.4, -0.2) is 39.7 Å². The lowest BCUT2D eigenvalue weighted by Gasteiger charge is -2.16. The van der Waals surface area contributed by atoms with Gasteiger partial charge in [-0.15, -0.1) is 0 Å². The number of nitrogens with two attached hydrogens (primary N) is 1. The zero-order chi connectivity index (χ0) is 19.1. The molecule has 5 nitrogen and oxygen atoms in total. The molecule has 0 saturated carbocycles. The van der Waals surface area contributed by atoms with E-state index in [-0.39, 0.29) is 18.4 Å². The molecule has 0 bridgehead atoms. The van der Waals surface area contributed by atoms with E-state index in [0.29, 0.717) is 30.2 Å². The molecule has 1 aliphatic heterocycles. The normalized spacial score (nSPS) is 17.8. The number of benzene rings is 1. The smallest absolute Gasteiger partial charge is 0.341 e. The van der Waals surface area contributed by atoms with Gasteiger partial charge in [0.25, 0.3) is 0 Å². The average Bonchev–Trinajstić information content (AvgIpc) is 3.13. The fourth-order valence-corrected chi connectivity index (χ4v) is 3.27. The van der Waals surface area contributed by atoms with Gasteiger partial charge in [-0.1, -0.05) is 6.07 Å². The van der Waals surface area contributed by atoms with E-state index in [9.17, 15) is 18.0 Å². The van der Waals surface area contributed by atoms with Gasteiger partial charge in [0.05, 0.1) is 23.4 Å². The molecule has 0 radical (unpaired) electrons. The highest BCUT2D eigenvalue weighted by molar-refractivity contribution is 5.79.